The summed E-state index contributed by atoms with van der Waals surface area (Å²) in [5.41, 5.74) is 1.49. The van der Waals surface area contributed by atoms with Gasteiger partial charge in [0.2, 0.25) is 5.91 Å². The first-order valence-corrected chi connectivity index (χ1v) is 10.9. The molecule has 0 aliphatic rings. The highest BCUT2D eigenvalue weighted by Crippen LogP contribution is 2.36. The van der Waals surface area contributed by atoms with E-state index >= 15 is 0 Å². The predicted octanol–water partition coefficient (Wildman–Crippen LogP) is 4.68. The molecule has 6 heteroatoms. The van der Waals surface area contributed by atoms with Crippen molar-refractivity contribution >= 4 is 28.6 Å². The first-order chi connectivity index (χ1) is 14.0. The number of amides is 1. The molecule has 0 saturated heterocycles. The van der Waals surface area contributed by atoms with Crippen LogP contribution in [0.4, 0.5) is 0 Å². The molecule has 1 atom stereocenters. The summed E-state index contributed by atoms with van der Waals surface area (Å²) in [5.74, 6) is 0.0314. The van der Waals surface area contributed by atoms with Crippen molar-refractivity contribution in [2.75, 3.05) is 13.1 Å². The fourth-order valence-electron chi connectivity index (χ4n) is 3.36. The molecule has 1 aromatic heterocycles. The minimum Gasteiger partial charge on any atom is -0.342 e. The maximum atomic E-state index is 13.3. The second kappa shape index (κ2) is 9.27. The Kier molecular flexibility index (Phi) is 6.75. The number of hydrogen-bond acceptors (Lipinski definition) is 4. The van der Waals surface area contributed by atoms with Gasteiger partial charge in [0, 0.05) is 19.1 Å². The Bertz CT molecular complexity index is 1040. The number of hydrogen-bond donors (Lipinski definition) is 0. The molecular weight excluding hydrogens is 382 g/mol. The molecule has 0 spiro atoms. The fraction of sp³-hybridized carbons (Fsp3) is 0.348. The van der Waals surface area contributed by atoms with E-state index in [1.807, 2.05) is 81.1 Å². The molecule has 5 nitrogen and oxygen atoms in total. The SMILES string of the molecule is CCN(CC)C(=O)[C@H](Sc1nc2ccccc2c(=O)n1C(C)C)c1ccccc1. The van der Waals surface area contributed by atoms with Crippen LogP contribution in [0.5, 0.6) is 0 Å². The normalized spacial score (nSPS) is 12.3. The lowest BCUT2D eigenvalue weighted by Crippen LogP contribution is -2.34. The molecule has 152 valence electrons. The Morgan fingerprint density at radius 3 is 2.28 bits per heavy atom. The molecule has 0 radical (unpaired) electrons. The lowest BCUT2D eigenvalue weighted by molar-refractivity contribution is -0.130. The number of carbonyl (C=O) groups is 1. The van der Waals surface area contributed by atoms with Gasteiger partial charge in [-0.2, -0.15) is 0 Å². The van der Waals surface area contributed by atoms with Gasteiger partial charge in [-0.3, -0.25) is 14.2 Å². The van der Waals surface area contributed by atoms with E-state index < -0.39 is 5.25 Å². The van der Waals surface area contributed by atoms with E-state index in [0.29, 0.717) is 29.1 Å². The van der Waals surface area contributed by atoms with Gasteiger partial charge in [0.1, 0.15) is 5.25 Å². The van der Waals surface area contributed by atoms with Crippen molar-refractivity contribution in [3.05, 3.63) is 70.5 Å². The highest BCUT2D eigenvalue weighted by Gasteiger charge is 2.28. The van der Waals surface area contributed by atoms with Gasteiger partial charge in [0.05, 0.1) is 10.9 Å². The smallest absolute Gasteiger partial charge is 0.262 e. The summed E-state index contributed by atoms with van der Waals surface area (Å²) in [4.78, 5) is 33.1. The van der Waals surface area contributed by atoms with Crippen molar-refractivity contribution in [2.24, 2.45) is 0 Å². The van der Waals surface area contributed by atoms with Gasteiger partial charge in [-0.15, -0.1) is 0 Å². The molecule has 1 heterocycles. The predicted molar refractivity (Wildman–Crippen MR) is 119 cm³/mol. The van der Waals surface area contributed by atoms with Crippen LogP contribution in [0.3, 0.4) is 0 Å². The van der Waals surface area contributed by atoms with Gasteiger partial charge in [-0.1, -0.05) is 54.2 Å². The fourth-order valence-corrected chi connectivity index (χ4v) is 4.67. The second-order valence-electron chi connectivity index (χ2n) is 7.10. The number of aromatic nitrogens is 2. The molecule has 0 fully saturated rings. The minimum atomic E-state index is -0.464. The van der Waals surface area contributed by atoms with E-state index in [9.17, 15) is 9.59 Å². The number of likely N-dealkylation sites (N-methyl/N-ethyl adjacent to an activating group) is 1. The lowest BCUT2D eigenvalue weighted by Gasteiger charge is -2.26. The average molecular weight is 410 g/mol. The number of thioether (sulfide) groups is 1. The molecule has 3 rings (SSSR count). The highest BCUT2D eigenvalue weighted by molar-refractivity contribution is 8.00. The van der Waals surface area contributed by atoms with Crippen LogP contribution in [-0.4, -0.2) is 33.4 Å². The first-order valence-electron chi connectivity index (χ1n) is 9.99. The van der Waals surface area contributed by atoms with E-state index in [2.05, 4.69) is 0 Å². The molecule has 0 unspecified atom stereocenters. The number of benzene rings is 2. The maximum absolute atomic E-state index is 13.3. The van der Waals surface area contributed by atoms with E-state index in [1.165, 1.54) is 11.8 Å². The molecule has 0 saturated carbocycles. The van der Waals surface area contributed by atoms with E-state index in [-0.39, 0.29) is 17.5 Å². The van der Waals surface area contributed by atoms with E-state index in [1.54, 1.807) is 10.6 Å². The number of rotatable bonds is 7. The Balaban J connectivity index is 2.14. The number of fused-ring (bicyclic) bond motifs is 1. The van der Waals surface area contributed by atoms with Crippen molar-refractivity contribution in [2.45, 2.75) is 44.1 Å². The molecule has 0 N–H and O–H groups in total. The second-order valence-corrected chi connectivity index (χ2v) is 8.17. The third-order valence-electron chi connectivity index (χ3n) is 4.92. The zero-order valence-corrected chi connectivity index (χ0v) is 18.1. The van der Waals surface area contributed by atoms with Crippen LogP contribution in [0.2, 0.25) is 0 Å². The van der Waals surface area contributed by atoms with Crippen LogP contribution in [0.25, 0.3) is 10.9 Å². The van der Waals surface area contributed by atoms with E-state index in [4.69, 9.17) is 4.98 Å². The summed E-state index contributed by atoms with van der Waals surface area (Å²) >= 11 is 1.35. The topological polar surface area (TPSA) is 55.2 Å². The zero-order chi connectivity index (χ0) is 21.0. The molecule has 3 aromatic rings. The molecule has 0 aliphatic heterocycles. The third-order valence-corrected chi connectivity index (χ3v) is 6.13. The van der Waals surface area contributed by atoms with Crippen LogP contribution in [0.15, 0.2) is 64.5 Å². The van der Waals surface area contributed by atoms with Gasteiger partial charge in [0.25, 0.3) is 5.56 Å². The third kappa shape index (κ3) is 4.37. The van der Waals surface area contributed by atoms with Crippen LogP contribution in [0.1, 0.15) is 44.6 Å². The van der Waals surface area contributed by atoms with Gasteiger partial charge < -0.3 is 4.90 Å². The minimum absolute atomic E-state index is 0.0314. The first kappa shape index (κ1) is 21.1. The largest absolute Gasteiger partial charge is 0.342 e. The monoisotopic (exact) mass is 409 g/mol. The van der Waals surface area contributed by atoms with Gasteiger partial charge in [-0.05, 0) is 45.4 Å². The summed E-state index contributed by atoms with van der Waals surface area (Å²) in [6.07, 6.45) is 0. The Morgan fingerprint density at radius 2 is 1.66 bits per heavy atom. The average Bonchev–Trinajstić information content (AvgIpc) is 2.73. The standard InChI is InChI=1S/C23H27N3O2S/c1-5-25(6-2)22(28)20(17-12-8-7-9-13-17)29-23-24-19-15-11-10-14-18(19)21(27)26(23)16(3)4/h7-16,20H,5-6H2,1-4H3/t20-/m1/s1. The molecular formula is C23H27N3O2S. The zero-order valence-electron chi connectivity index (χ0n) is 17.3. The molecule has 2 aromatic carbocycles. The van der Waals surface area contributed by atoms with Gasteiger partial charge >= 0.3 is 0 Å². The molecule has 1 amide bonds. The van der Waals surface area contributed by atoms with Crippen molar-refractivity contribution in [3.63, 3.8) is 0 Å². The summed E-state index contributed by atoms with van der Waals surface area (Å²) in [5, 5.41) is 0.698. The Labute approximate surface area is 175 Å². The van der Waals surface area contributed by atoms with Crippen LogP contribution >= 0.6 is 11.8 Å². The molecule has 29 heavy (non-hydrogen) atoms. The molecule has 0 bridgehead atoms. The van der Waals surface area contributed by atoms with Crippen molar-refractivity contribution in [3.8, 4) is 0 Å². The van der Waals surface area contributed by atoms with Crippen molar-refractivity contribution < 1.29 is 4.79 Å². The maximum Gasteiger partial charge on any atom is 0.262 e. The van der Waals surface area contributed by atoms with Crippen LogP contribution in [0, 0.1) is 0 Å². The van der Waals surface area contributed by atoms with Gasteiger partial charge in [-0.25, -0.2) is 4.98 Å². The summed E-state index contributed by atoms with van der Waals surface area (Å²) in [6, 6.07) is 17.0. The highest BCUT2D eigenvalue weighted by atomic mass is 32.2. The van der Waals surface area contributed by atoms with Crippen LogP contribution in [-0.2, 0) is 4.79 Å². The summed E-state index contributed by atoms with van der Waals surface area (Å²) in [7, 11) is 0. The number of para-hydroxylation sites is 1. The Morgan fingerprint density at radius 1 is 1.03 bits per heavy atom. The van der Waals surface area contributed by atoms with Crippen molar-refractivity contribution in [1.82, 2.24) is 14.5 Å². The quantitative estimate of drug-likeness (QED) is 0.420. The van der Waals surface area contributed by atoms with E-state index in [0.717, 1.165) is 5.56 Å². The lowest BCUT2D eigenvalue weighted by atomic mass is 10.1. The van der Waals surface area contributed by atoms with Crippen LogP contribution < -0.4 is 5.56 Å². The summed E-state index contributed by atoms with van der Waals surface area (Å²) in [6.45, 7) is 9.17. The van der Waals surface area contributed by atoms with Crippen molar-refractivity contribution in [1.29, 1.82) is 0 Å². The number of nitrogens with zero attached hydrogens (tertiary/aromatic N) is 3. The summed E-state index contributed by atoms with van der Waals surface area (Å²) < 4.78 is 1.69. The molecule has 0 aliphatic carbocycles. The van der Waals surface area contributed by atoms with Gasteiger partial charge in [0.15, 0.2) is 5.16 Å². The Hall–Kier alpha value is -2.60. The number of carbonyl (C=O) groups excluding carboxylic acids is 1.